The number of aromatic carboxylic acids is 1. The monoisotopic (exact) mass is 376 g/mol. The van der Waals surface area contributed by atoms with Gasteiger partial charge in [0.2, 0.25) is 0 Å². The van der Waals surface area contributed by atoms with Crippen LogP contribution in [0.1, 0.15) is 29.2 Å². The molecule has 0 aliphatic heterocycles. The molecule has 1 N–H and O–H groups in total. The lowest BCUT2D eigenvalue weighted by Crippen LogP contribution is -2.06. The topological polar surface area (TPSA) is 85.5 Å². The first-order valence-corrected chi connectivity index (χ1v) is 8.74. The number of ether oxygens (including phenoxy) is 1. The smallest absolute Gasteiger partial charge is 0.347 e. The summed E-state index contributed by atoms with van der Waals surface area (Å²) in [5.74, 6) is -0.600. The first-order valence-electron chi connectivity index (χ1n) is 7.93. The third-order valence-electron chi connectivity index (χ3n) is 3.56. The number of thiazole rings is 1. The number of hydrogen-bond acceptors (Lipinski definition) is 6. The Labute approximate surface area is 153 Å². The summed E-state index contributed by atoms with van der Waals surface area (Å²) < 4.78 is 25.8. The highest BCUT2D eigenvalue weighted by molar-refractivity contribution is 7.17. The van der Waals surface area contributed by atoms with Crippen molar-refractivity contribution in [2.45, 2.75) is 20.8 Å². The van der Waals surface area contributed by atoms with Gasteiger partial charge in [0, 0.05) is 11.6 Å². The highest BCUT2D eigenvalue weighted by Crippen LogP contribution is 2.38. The number of carboxylic acids is 1. The molecule has 8 heteroatoms. The van der Waals surface area contributed by atoms with Gasteiger partial charge in [0.05, 0.1) is 24.1 Å². The van der Waals surface area contributed by atoms with E-state index in [-0.39, 0.29) is 21.4 Å². The zero-order valence-corrected chi connectivity index (χ0v) is 15.3. The molecule has 0 bridgehead atoms. The van der Waals surface area contributed by atoms with Crippen LogP contribution < -0.4 is 4.74 Å². The summed E-state index contributed by atoms with van der Waals surface area (Å²) >= 11 is 0.927. The molecule has 0 amide bonds. The molecule has 0 fully saturated rings. The maximum Gasteiger partial charge on any atom is 0.347 e. The minimum absolute atomic E-state index is 0.0840. The van der Waals surface area contributed by atoms with Gasteiger partial charge in [-0.25, -0.2) is 19.2 Å². The number of hydrogen-bond donors (Lipinski definition) is 1. The molecule has 0 unspecified atom stereocenters. The molecule has 0 spiro atoms. The van der Waals surface area contributed by atoms with Crippen LogP contribution in [0.4, 0.5) is 4.39 Å². The summed E-state index contributed by atoms with van der Waals surface area (Å²) in [6.07, 6.45) is 2.79. The molecule has 0 aliphatic rings. The molecule has 3 aromatic rings. The Bertz CT molecular complexity index is 935. The molecule has 26 heavy (non-hydrogen) atoms. The number of benzene rings is 1. The fraction of sp³-hybridized carbons (Fsp3) is 0.278. The van der Waals surface area contributed by atoms with E-state index in [2.05, 4.69) is 9.97 Å². The zero-order chi connectivity index (χ0) is 18.8. The maximum absolute atomic E-state index is 14.7. The largest absolute Gasteiger partial charge is 0.492 e. The van der Waals surface area contributed by atoms with Gasteiger partial charge in [-0.2, -0.15) is 0 Å². The molecule has 0 radical (unpaired) electrons. The van der Waals surface area contributed by atoms with Crippen LogP contribution in [0.3, 0.4) is 0 Å². The van der Waals surface area contributed by atoms with Crippen LogP contribution in [0.25, 0.3) is 21.9 Å². The third kappa shape index (κ3) is 3.60. The summed E-state index contributed by atoms with van der Waals surface area (Å²) in [6, 6.07) is 2.82. The van der Waals surface area contributed by atoms with Gasteiger partial charge < -0.3 is 14.3 Å². The number of carboxylic acid groups (broad SMARTS) is 1. The normalized spacial score (nSPS) is 11.1. The van der Waals surface area contributed by atoms with Crippen molar-refractivity contribution < 1.29 is 23.4 Å². The molecule has 3 rings (SSSR count). The van der Waals surface area contributed by atoms with Crippen molar-refractivity contribution in [1.29, 1.82) is 0 Å². The zero-order valence-electron chi connectivity index (χ0n) is 14.4. The Morgan fingerprint density at radius 2 is 2.15 bits per heavy atom. The van der Waals surface area contributed by atoms with Gasteiger partial charge in [-0.05, 0) is 18.9 Å². The van der Waals surface area contributed by atoms with Gasteiger partial charge in [-0.3, -0.25) is 0 Å². The first-order chi connectivity index (χ1) is 12.4. The Balaban J connectivity index is 2.11. The van der Waals surface area contributed by atoms with Gasteiger partial charge in [-0.15, -0.1) is 11.3 Å². The van der Waals surface area contributed by atoms with E-state index < -0.39 is 11.8 Å². The van der Waals surface area contributed by atoms with Crippen molar-refractivity contribution >= 4 is 17.3 Å². The van der Waals surface area contributed by atoms with Crippen molar-refractivity contribution in [3.63, 3.8) is 0 Å². The third-order valence-corrected chi connectivity index (χ3v) is 4.74. The van der Waals surface area contributed by atoms with Crippen LogP contribution in [0, 0.1) is 18.7 Å². The number of rotatable bonds is 6. The first kappa shape index (κ1) is 18.1. The van der Waals surface area contributed by atoms with E-state index in [1.54, 1.807) is 13.0 Å². The van der Waals surface area contributed by atoms with E-state index in [1.165, 1.54) is 18.7 Å². The average molecular weight is 376 g/mol. The molecular formula is C18H17FN2O4S. The summed E-state index contributed by atoms with van der Waals surface area (Å²) in [7, 11) is 0. The summed E-state index contributed by atoms with van der Waals surface area (Å²) in [5, 5.41) is 9.49. The van der Waals surface area contributed by atoms with E-state index in [9.17, 15) is 14.3 Å². The number of aromatic nitrogens is 2. The van der Waals surface area contributed by atoms with Crippen LogP contribution in [-0.2, 0) is 0 Å². The van der Waals surface area contributed by atoms with Gasteiger partial charge in [0.15, 0.2) is 12.2 Å². The minimum atomic E-state index is -1.08. The van der Waals surface area contributed by atoms with Crippen LogP contribution in [0.2, 0.25) is 0 Å². The summed E-state index contributed by atoms with van der Waals surface area (Å²) in [6.45, 7) is 5.98. The second kappa shape index (κ2) is 7.25. The lowest BCUT2D eigenvalue weighted by Gasteiger charge is -2.13. The molecule has 0 atom stereocenters. The summed E-state index contributed by atoms with van der Waals surface area (Å²) in [5.41, 5.74) is 1.07. The van der Waals surface area contributed by atoms with Crippen LogP contribution >= 0.6 is 11.3 Å². The van der Waals surface area contributed by atoms with Crippen molar-refractivity contribution in [2.75, 3.05) is 6.61 Å². The second-order valence-electron chi connectivity index (χ2n) is 6.14. The molecule has 6 nitrogen and oxygen atoms in total. The van der Waals surface area contributed by atoms with E-state index in [4.69, 9.17) is 9.15 Å². The molecular weight excluding hydrogens is 359 g/mol. The van der Waals surface area contributed by atoms with E-state index in [0.29, 0.717) is 29.4 Å². The number of nitrogens with zero attached hydrogens (tertiary/aromatic N) is 2. The molecule has 2 heterocycles. The fourth-order valence-electron chi connectivity index (χ4n) is 2.35. The predicted octanol–water partition coefficient (Wildman–Crippen LogP) is 4.65. The maximum atomic E-state index is 14.7. The molecule has 136 valence electrons. The highest BCUT2D eigenvalue weighted by Gasteiger charge is 2.21. The van der Waals surface area contributed by atoms with Crippen LogP contribution in [-0.4, -0.2) is 27.7 Å². The molecule has 0 saturated heterocycles. The number of halogens is 1. The van der Waals surface area contributed by atoms with Crippen molar-refractivity contribution in [1.82, 2.24) is 9.97 Å². The van der Waals surface area contributed by atoms with Crippen LogP contribution in [0.5, 0.6) is 5.75 Å². The molecule has 1 aromatic carbocycles. The predicted molar refractivity (Wildman–Crippen MR) is 95.0 cm³/mol. The molecule has 2 aromatic heterocycles. The molecule has 0 saturated carbocycles. The Kier molecular flexibility index (Phi) is 5.03. The van der Waals surface area contributed by atoms with E-state index in [1.807, 2.05) is 13.8 Å². The quantitative estimate of drug-likeness (QED) is 0.674. The van der Waals surface area contributed by atoms with Crippen molar-refractivity contribution in [2.24, 2.45) is 5.92 Å². The van der Waals surface area contributed by atoms with Crippen molar-refractivity contribution in [3.05, 3.63) is 41.1 Å². The Hall–Kier alpha value is -2.74. The molecule has 0 aliphatic carbocycles. The van der Waals surface area contributed by atoms with Gasteiger partial charge in [0.25, 0.3) is 0 Å². The van der Waals surface area contributed by atoms with Gasteiger partial charge in [0.1, 0.15) is 21.5 Å². The average Bonchev–Trinajstić information content (AvgIpc) is 3.22. The number of oxazole rings is 1. The standard InChI is InChI=1S/C18H17FN2O4S/c1-9(2)7-24-14-5-13(19)11(4-12(14)15-6-20-8-25-15)17-21-10(3)16(26-17)18(22)23/h4-6,8-9H,7H2,1-3H3,(H,22,23). The lowest BCUT2D eigenvalue weighted by atomic mass is 10.1. The van der Waals surface area contributed by atoms with E-state index >= 15 is 0 Å². The number of aryl methyl sites for hydroxylation is 1. The highest BCUT2D eigenvalue weighted by atomic mass is 32.1. The van der Waals surface area contributed by atoms with E-state index in [0.717, 1.165) is 11.3 Å². The second-order valence-corrected chi connectivity index (χ2v) is 7.14. The lowest BCUT2D eigenvalue weighted by molar-refractivity contribution is 0.0701. The SMILES string of the molecule is Cc1nc(-c2cc(-c3cnco3)c(OCC(C)C)cc2F)sc1C(=O)O. The fourth-order valence-corrected chi connectivity index (χ4v) is 3.27. The van der Waals surface area contributed by atoms with Crippen LogP contribution in [0.15, 0.2) is 29.1 Å². The Morgan fingerprint density at radius 3 is 2.73 bits per heavy atom. The number of carbonyl (C=O) groups is 1. The van der Waals surface area contributed by atoms with Gasteiger partial charge in [-0.1, -0.05) is 13.8 Å². The Morgan fingerprint density at radius 1 is 1.38 bits per heavy atom. The van der Waals surface area contributed by atoms with Crippen molar-refractivity contribution in [3.8, 4) is 27.6 Å². The minimum Gasteiger partial charge on any atom is -0.492 e. The van der Waals surface area contributed by atoms with Gasteiger partial charge >= 0.3 is 5.97 Å². The summed E-state index contributed by atoms with van der Waals surface area (Å²) in [4.78, 5) is 19.4.